The van der Waals surface area contributed by atoms with Gasteiger partial charge in [0.05, 0.1) is 36.5 Å². The molecule has 0 saturated heterocycles. The first-order valence-electron chi connectivity index (χ1n) is 6.81. The Morgan fingerprint density at radius 2 is 2.14 bits per heavy atom. The maximum Gasteiger partial charge on any atom is 0.164 e. The van der Waals surface area contributed by atoms with E-state index in [0.29, 0.717) is 5.92 Å². The number of pyridine rings is 1. The van der Waals surface area contributed by atoms with Crippen molar-refractivity contribution in [2.45, 2.75) is 18.8 Å². The van der Waals surface area contributed by atoms with Crippen molar-refractivity contribution < 1.29 is 4.74 Å². The van der Waals surface area contributed by atoms with E-state index in [9.17, 15) is 0 Å². The summed E-state index contributed by atoms with van der Waals surface area (Å²) in [7, 11) is 1.68. The van der Waals surface area contributed by atoms with Gasteiger partial charge in [-0.1, -0.05) is 6.07 Å². The maximum absolute atomic E-state index is 5.44. The average molecular weight is 345 g/mol. The molecule has 1 aliphatic rings. The second-order valence-corrected chi connectivity index (χ2v) is 5.95. The summed E-state index contributed by atoms with van der Waals surface area (Å²) in [6.07, 6.45) is 6.06. The molecule has 0 spiro atoms. The average Bonchev–Trinajstić information content (AvgIpc) is 3.26. The number of halogens is 1. The number of nitrogens with zero attached hydrogens (tertiary/aromatic N) is 4. The Hall–Kier alpha value is -1.95. The minimum Gasteiger partial charge on any atom is -0.493 e. The predicted molar refractivity (Wildman–Crippen MR) is 82.4 cm³/mol. The number of hydrogen-bond acceptors (Lipinski definition) is 4. The van der Waals surface area contributed by atoms with Gasteiger partial charge in [-0.2, -0.15) is 5.10 Å². The quantitative estimate of drug-likeness (QED) is 0.683. The number of fused-ring (bicyclic) bond motifs is 1. The minimum atomic E-state index is 0.517. The molecule has 3 heterocycles. The molecule has 3 aromatic rings. The highest BCUT2D eigenvalue weighted by Gasteiger charge is 2.29. The van der Waals surface area contributed by atoms with Gasteiger partial charge in [-0.25, -0.2) is 14.5 Å². The van der Waals surface area contributed by atoms with Gasteiger partial charge in [-0.3, -0.25) is 0 Å². The van der Waals surface area contributed by atoms with Crippen LogP contribution < -0.4 is 4.74 Å². The molecule has 0 atom stereocenters. The van der Waals surface area contributed by atoms with Gasteiger partial charge in [0, 0.05) is 5.92 Å². The fraction of sp³-hybridized carbons (Fsp3) is 0.267. The molecule has 4 rings (SSSR count). The number of hydrogen-bond donors (Lipinski definition) is 0. The van der Waals surface area contributed by atoms with Gasteiger partial charge in [-0.15, -0.1) is 0 Å². The van der Waals surface area contributed by atoms with Gasteiger partial charge in [0.15, 0.2) is 11.4 Å². The van der Waals surface area contributed by atoms with Crippen LogP contribution in [-0.4, -0.2) is 26.7 Å². The minimum absolute atomic E-state index is 0.517. The van der Waals surface area contributed by atoms with Crippen LogP contribution in [-0.2, 0) is 0 Å². The molecule has 21 heavy (non-hydrogen) atoms. The largest absolute Gasteiger partial charge is 0.493 e. The zero-order chi connectivity index (χ0) is 14.4. The summed E-state index contributed by atoms with van der Waals surface area (Å²) in [5.74, 6) is 1.32. The van der Waals surface area contributed by atoms with Crippen molar-refractivity contribution in [3.8, 4) is 17.0 Å². The van der Waals surface area contributed by atoms with Crippen LogP contribution in [0.1, 0.15) is 24.5 Å². The van der Waals surface area contributed by atoms with Crippen molar-refractivity contribution in [1.82, 2.24) is 19.6 Å². The van der Waals surface area contributed by atoms with E-state index in [-0.39, 0.29) is 0 Å². The Balaban J connectivity index is 1.93. The second kappa shape index (κ2) is 4.80. The number of aromatic nitrogens is 4. The zero-order valence-corrected chi connectivity index (χ0v) is 13.0. The van der Waals surface area contributed by atoms with Crippen molar-refractivity contribution in [2.24, 2.45) is 0 Å². The van der Waals surface area contributed by atoms with Crippen molar-refractivity contribution in [1.29, 1.82) is 0 Å². The molecule has 0 radical (unpaired) electrons. The Labute approximate surface area is 130 Å². The van der Waals surface area contributed by atoms with E-state index in [4.69, 9.17) is 9.72 Å². The number of ether oxygens (including phenoxy) is 1. The Morgan fingerprint density at radius 3 is 2.86 bits per heavy atom. The van der Waals surface area contributed by atoms with Crippen LogP contribution in [0, 0.1) is 0 Å². The Kier molecular flexibility index (Phi) is 2.92. The fourth-order valence-corrected chi connectivity index (χ4v) is 2.80. The lowest BCUT2D eigenvalue weighted by molar-refractivity contribution is 0.403. The summed E-state index contributed by atoms with van der Waals surface area (Å²) in [6, 6.07) is 5.83. The van der Waals surface area contributed by atoms with E-state index in [0.717, 1.165) is 33.0 Å². The summed E-state index contributed by atoms with van der Waals surface area (Å²) in [4.78, 5) is 9.28. The zero-order valence-electron chi connectivity index (χ0n) is 11.5. The monoisotopic (exact) mass is 344 g/mol. The summed E-state index contributed by atoms with van der Waals surface area (Å²) >= 11 is 3.40. The molecular formula is C15H13BrN4O. The van der Waals surface area contributed by atoms with Gasteiger partial charge < -0.3 is 4.74 Å². The standard InChI is InChI=1S/C15H13BrN4O/c1-21-12-8-20-15(19-14(12)9-5-6-9)10(7-17-20)11-3-2-4-13(16)18-11/h2-4,7-9H,5-6H2,1H3. The van der Waals surface area contributed by atoms with Crippen LogP contribution in [0.5, 0.6) is 5.75 Å². The molecule has 0 bridgehead atoms. The molecule has 5 nitrogen and oxygen atoms in total. The third kappa shape index (κ3) is 2.19. The van der Waals surface area contributed by atoms with E-state index in [2.05, 4.69) is 26.0 Å². The molecule has 1 fully saturated rings. The van der Waals surface area contributed by atoms with Gasteiger partial charge in [-0.05, 0) is 40.9 Å². The van der Waals surface area contributed by atoms with Gasteiger partial charge in [0.25, 0.3) is 0 Å². The van der Waals surface area contributed by atoms with E-state index in [1.54, 1.807) is 17.8 Å². The molecule has 0 N–H and O–H groups in total. The maximum atomic E-state index is 5.44. The van der Waals surface area contributed by atoms with Gasteiger partial charge in [0.1, 0.15) is 4.60 Å². The van der Waals surface area contributed by atoms with Gasteiger partial charge >= 0.3 is 0 Å². The third-order valence-electron chi connectivity index (χ3n) is 3.66. The van der Waals surface area contributed by atoms with Crippen molar-refractivity contribution in [2.75, 3.05) is 7.11 Å². The summed E-state index contributed by atoms with van der Waals surface area (Å²) < 4.78 is 8.00. The lowest BCUT2D eigenvalue weighted by Crippen LogP contribution is -2.00. The van der Waals surface area contributed by atoms with Crippen LogP contribution in [0.15, 0.2) is 35.2 Å². The molecule has 1 saturated carbocycles. The number of rotatable bonds is 3. The second-order valence-electron chi connectivity index (χ2n) is 5.14. The van der Waals surface area contributed by atoms with Crippen LogP contribution in [0.2, 0.25) is 0 Å². The van der Waals surface area contributed by atoms with Gasteiger partial charge in [0.2, 0.25) is 0 Å². The smallest absolute Gasteiger partial charge is 0.164 e. The first kappa shape index (κ1) is 12.8. The Morgan fingerprint density at radius 1 is 1.29 bits per heavy atom. The fourth-order valence-electron chi connectivity index (χ4n) is 2.45. The Bertz CT molecular complexity index is 826. The molecule has 0 unspecified atom stereocenters. The van der Waals surface area contributed by atoms with E-state index in [1.165, 1.54) is 12.8 Å². The molecule has 1 aliphatic carbocycles. The van der Waals surface area contributed by atoms with Crippen LogP contribution in [0.4, 0.5) is 0 Å². The molecule has 0 aromatic carbocycles. The van der Waals surface area contributed by atoms with Crippen LogP contribution in [0.25, 0.3) is 16.9 Å². The first-order valence-corrected chi connectivity index (χ1v) is 7.61. The normalized spacial score (nSPS) is 14.6. The van der Waals surface area contributed by atoms with E-state index in [1.807, 2.05) is 24.4 Å². The topological polar surface area (TPSA) is 52.3 Å². The summed E-state index contributed by atoms with van der Waals surface area (Å²) in [5, 5.41) is 4.37. The SMILES string of the molecule is COc1cn2ncc(-c3cccc(Br)n3)c2nc1C1CC1. The number of methoxy groups -OCH3 is 1. The lowest BCUT2D eigenvalue weighted by atomic mass is 10.2. The summed E-state index contributed by atoms with van der Waals surface area (Å²) in [6.45, 7) is 0. The first-order chi connectivity index (χ1) is 10.3. The highest BCUT2D eigenvalue weighted by molar-refractivity contribution is 9.10. The predicted octanol–water partition coefficient (Wildman–Crippen LogP) is 3.44. The molecule has 0 aliphatic heterocycles. The highest BCUT2D eigenvalue weighted by atomic mass is 79.9. The van der Waals surface area contributed by atoms with E-state index >= 15 is 0 Å². The lowest BCUT2D eigenvalue weighted by Gasteiger charge is -2.07. The highest BCUT2D eigenvalue weighted by Crippen LogP contribution is 2.43. The summed E-state index contributed by atoms with van der Waals surface area (Å²) in [5.41, 5.74) is 3.64. The van der Waals surface area contributed by atoms with E-state index < -0.39 is 0 Å². The molecule has 0 amide bonds. The molecule has 6 heteroatoms. The third-order valence-corrected chi connectivity index (χ3v) is 4.10. The van der Waals surface area contributed by atoms with Crippen LogP contribution >= 0.6 is 15.9 Å². The molecule has 106 valence electrons. The van der Waals surface area contributed by atoms with Crippen molar-refractivity contribution in [3.05, 3.63) is 40.9 Å². The molecular weight excluding hydrogens is 332 g/mol. The van der Waals surface area contributed by atoms with Crippen molar-refractivity contribution in [3.63, 3.8) is 0 Å². The van der Waals surface area contributed by atoms with Crippen molar-refractivity contribution >= 4 is 21.6 Å². The van der Waals surface area contributed by atoms with Crippen LogP contribution in [0.3, 0.4) is 0 Å². The molecule has 3 aromatic heterocycles.